The van der Waals surface area contributed by atoms with Crippen LogP contribution in [0.1, 0.15) is 35.1 Å². The number of rotatable bonds is 2. The second-order valence-electron chi connectivity index (χ2n) is 8.64. The molecule has 6 nitrogen and oxygen atoms in total. The summed E-state index contributed by atoms with van der Waals surface area (Å²) in [5, 5.41) is 4.51. The van der Waals surface area contributed by atoms with Crippen LogP contribution in [0.2, 0.25) is 0 Å². The molecule has 1 aliphatic carbocycles. The van der Waals surface area contributed by atoms with Crippen LogP contribution in [0.15, 0.2) is 42.0 Å². The van der Waals surface area contributed by atoms with E-state index in [1.54, 1.807) is 29.7 Å². The third-order valence-electron chi connectivity index (χ3n) is 7.02. The van der Waals surface area contributed by atoms with Crippen LogP contribution in [-0.2, 0) is 6.42 Å². The molecular formula is C23H23FN6S. The minimum absolute atomic E-state index is 0.0743. The number of benzene rings is 1. The molecule has 2 N–H and O–H groups in total. The zero-order valence-electron chi connectivity index (χ0n) is 17.3. The number of aryl methyl sites for hydroxylation is 1. The fourth-order valence-electron chi connectivity index (χ4n) is 5.31. The van der Waals surface area contributed by atoms with Crippen molar-refractivity contribution in [2.24, 2.45) is 11.1 Å². The van der Waals surface area contributed by atoms with Gasteiger partial charge in [0, 0.05) is 29.6 Å². The number of halogens is 1. The maximum Gasteiger partial charge on any atom is 0.155 e. The van der Waals surface area contributed by atoms with Crippen molar-refractivity contribution in [2.45, 2.75) is 32.2 Å². The van der Waals surface area contributed by atoms with E-state index in [0.717, 1.165) is 49.4 Å². The lowest BCUT2D eigenvalue weighted by molar-refractivity contribution is 0.187. The highest BCUT2D eigenvalue weighted by Crippen LogP contribution is 2.52. The fraction of sp³-hybridized carbons (Fsp3) is 0.348. The Bertz CT molecular complexity index is 1290. The van der Waals surface area contributed by atoms with E-state index in [-0.39, 0.29) is 17.3 Å². The van der Waals surface area contributed by atoms with Gasteiger partial charge >= 0.3 is 0 Å². The number of hydrogen-bond donors (Lipinski definition) is 1. The zero-order chi connectivity index (χ0) is 21.2. The van der Waals surface area contributed by atoms with Gasteiger partial charge in [0.2, 0.25) is 0 Å². The standard InChI is InChI=1S/C23H23FN6S/c1-14-19(15-4-2-3-5-16(15)24)30-18(6-9-27-30)22(28-14)29-10-7-23(8-11-29)12-17-20(21(23)25)31-13-26-17/h2-6,9,13,21H,7-8,10-12,25H2,1H3/t21-/m1/s1. The van der Waals surface area contributed by atoms with E-state index < -0.39 is 0 Å². The quantitative estimate of drug-likeness (QED) is 0.513. The molecule has 1 aromatic carbocycles. The SMILES string of the molecule is Cc1nc(N2CCC3(CC2)Cc2ncsc2[C@H]3N)c2ccnn2c1-c1ccccc1F. The first-order valence-electron chi connectivity index (χ1n) is 10.6. The molecule has 1 saturated heterocycles. The van der Waals surface area contributed by atoms with Crippen molar-refractivity contribution in [3.63, 3.8) is 0 Å². The van der Waals surface area contributed by atoms with Crippen molar-refractivity contribution < 1.29 is 4.39 Å². The Hall–Kier alpha value is -2.84. The van der Waals surface area contributed by atoms with Crippen LogP contribution in [0, 0.1) is 18.2 Å². The van der Waals surface area contributed by atoms with Crippen LogP contribution in [0.25, 0.3) is 16.8 Å². The molecule has 4 heterocycles. The van der Waals surface area contributed by atoms with E-state index >= 15 is 0 Å². The first-order valence-corrected chi connectivity index (χ1v) is 11.5. The van der Waals surface area contributed by atoms with E-state index in [1.807, 2.05) is 29.1 Å². The molecule has 1 spiro atoms. The second kappa shape index (κ2) is 6.83. The summed E-state index contributed by atoms with van der Waals surface area (Å²) in [5.74, 6) is 0.637. The van der Waals surface area contributed by atoms with Crippen molar-refractivity contribution in [2.75, 3.05) is 18.0 Å². The summed E-state index contributed by atoms with van der Waals surface area (Å²) in [6, 6.07) is 8.82. The molecule has 8 heteroatoms. The molecule has 0 unspecified atom stereocenters. The van der Waals surface area contributed by atoms with Crippen LogP contribution >= 0.6 is 11.3 Å². The third-order valence-corrected chi connectivity index (χ3v) is 7.98. The Labute approximate surface area is 183 Å². The highest BCUT2D eigenvalue weighted by atomic mass is 32.1. The van der Waals surface area contributed by atoms with Gasteiger partial charge in [-0.1, -0.05) is 12.1 Å². The maximum atomic E-state index is 14.5. The van der Waals surface area contributed by atoms with Crippen molar-refractivity contribution in [1.29, 1.82) is 0 Å². The zero-order valence-corrected chi connectivity index (χ0v) is 18.1. The van der Waals surface area contributed by atoms with Gasteiger partial charge < -0.3 is 10.6 Å². The number of aromatic nitrogens is 4. The molecule has 1 atom stereocenters. The van der Waals surface area contributed by atoms with E-state index in [0.29, 0.717) is 11.3 Å². The molecule has 2 aliphatic rings. The van der Waals surface area contributed by atoms with Crippen molar-refractivity contribution in [1.82, 2.24) is 19.6 Å². The first kappa shape index (κ1) is 18.9. The molecule has 0 radical (unpaired) electrons. The summed E-state index contributed by atoms with van der Waals surface area (Å²) >= 11 is 1.69. The normalized spacial score (nSPS) is 20.0. The fourth-order valence-corrected chi connectivity index (χ4v) is 6.26. The van der Waals surface area contributed by atoms with E-state index in [2.05, 4.69) is 15.0 Å². The van der Waals surface area contributed by atoms with Crippen LogP contribution in [0.4, 0.5) is 10.2 Å². The highest BCUT2D eigenvalue weighted by molar-refractivity contribution is 7.09. The number of fused-ring (bicyclic) bond motifs is 2. The summed E-state index contributed by atoms with van der Waals surface area (Å²) in [7, 11) is 0. The molecule has 6 rings (SSSR count). The van der Waals surface area contributed by atoms with Gasteiger partial charge in [0.05, 0.1) is 28.8 Å². The van der Waals surface area contributed by atoms with E-state index in [1.165, 1.54) is 16.6 Å². The van der Waals surface area contributed by atoms with Crippen molar-refractivity contribution >= 4 is 22.7 Å². The highest BCUT2D eigenvalue weighted by Gasteiger charge is 2.47. The van der Waals surface area contributed by atoms with Crippen LogP contribution < -0.4 is 10.6 Å². The monoisotopic (exact) mass is 434 g/mol. The largest absolute Gasteiger partial charge is 0.355 e. The van der Waals surface area contributed by atoms with Gasteiger partial charge in [0.25, 0.3) is 0 Å². The summed E-state index contributed by atoms with van der Waals surface area (Å²) in [6.07, 6.45) is 4.74. The molecule has 0 amide bonds. The van der Waals surface area contributed by atoms with Gasteiger partial charge in [0.15, 0.2) is 5.82 Å². The van der Waals surface area contributed by atoms with Gasteiger partial charge in [-0.25, -0.2) is 18.9 Å². The van der Waals surface area contributed by atoms with Crippen LogP contribution in [-0.4, -0.2) is 32.7 Å². The lowest BCUT2D eigenvalue weighted by atomic mass is 9.74. The maximum absolute atomic E-state index is 14.5. The number of nitrogens with zero attached hydrogens (tertiary/aromatic N) is 5. The molecule has 0 bridgehead atoms. The molecule has 3 aromatic heterocycles. The molecule has 0 saturated carbocycles. The number of thiazole rings is 1. The summed E-state index contributed by atoms with van der Waals surface area (Å²) < 4.78 is 16.4. The van der Waals surface area contributed by atoms with Crippen molar-refractivity contribution in [3.05, 3.63) is 64.1 Å². The Kier molecular flexibility index (Phi) is 4.16. The number of hydrogen-bond acceptors (Lipinski definition) is 6. The minimum Gasteiger partial charge on any atom is -0.355 e. The predicted octanol–water partition coefficient (Wildman–Crippen LogP) is 4.14. The number of nitrogens with two attached hydrogens (primary N) is 1. The smallest absolute Gasteiger partial charge is 0.155 e. The second-order valence-corrected chi connectivity index (χ2v) is 9.53. The van der Waals surface area contributed by atoms with Crippen LogP contribution in [0.3, 0.4) is 0 Å². The Morgan fingerprint density at radius 3 is 2.77 bits per heavy atom. The molecule has 158 valence electrons. The average Bonchev–Trinajstić information content (AvgIpc) is 3.48. The van der Waals surface area contributed by atoms with Gasteiger partial charge in [-0.15, -0.1) is 11.3 Å². The molecule has 1 aliphatic heterocycles. The molecular weight excluding hydrogens is 411 g/mol. The predicted molar refractivity (Wildman–Crippen MR) is 120 cm³/mol. The lowest BCUT2D eigenvalue weighted by Gasteiger charge is -2.42. The van der Waals surface area contributed by atoms with Gasteiger partial charge in [-0.05, 0) is 49.8 Å². The Balaban J connectivity index is 1.34. The number of anilines is 1. The van der Waals surface area contributed by atoms with Gasteiger partial charge in [-0.2, -0.15) is 5.10 Å². The van der Waals surface area contributed by atoms with Crippen molar-refractivity contribution in [3.8, 4) is 11.3 Å². The average molecular weight is 435 g/mol. The number of piperidine rings is 1. The minimum atomic E-state index is -0.270. The molecule has 31 heavy (non-hydrogen) atoms. The van der Waals surface area contributed by atoms with E-state index in [9.17, 15) is 4.39 Å². The lowest BCUT2D eigenvalue weighted by Crippen LogP contribution is -2.44. The van der Waals surface area contributed by atoms with Gasteiger partial charge in [-0.3, -0.25) is 0 Å². The summed E-state index contributed by atoms with van der Waals surface area (Å²) in [4.78, 5) is 13.1. The molecule has 4 aromatic rings. The Morgan fingerprint density at radius 1 is 1.19 bits per heavy atom. The summed E-state index contributed by atoms with van der Waals surface area (Å²) in [5.41, 5.74) is 12.7. The first-order chi connectivity index (χ1) is 15.1. The van der Waals surface area contributed by atoms with E-state index in [4.69, 9.17) is 10.7 Å². The third kappa shape index (κ3) is 2.74. The molecule has 1 fully saturated rings. The van der Waals surface area contributed by atoms with Gasteiger partial charge in [0.1, 0.15) is 11.3 Å². The topological polar surface area (TPSA) is 72.3 Å². The van der Waals surface area contributed by atoms with Crippen LogP contribution in [0.5, 0.6) is 0 Å². The summed E-state index contributed by atoms with van der Waals surface area (Å²) in [6.45, 7) is 3.69. The Morgan fingerprint density at radius 2 is 2.00 bits per heavy atom.